The first-order valence-corrected chi connectivity index (χ1v) is 8.85. The van der Waals surface area contributed by atoms with Crippen molar-refractivity contribution in [2.24, 2.45) is 5.92 Å². The number of anilines is 1. The van der Waals surface area contributed by atoms with Crippen molar-refractivity contribution in [2.75, 3.05) is 38.0 Å². The van der Waals surface area contributed by atoms with Gasteiger partial charge in [0.15, 0.2) is 0 Å². The highest BCUT2D eigenvalue weighted by Crippen LogP contribution is 2.26. The molecule has 1 atom stereocenters. The molecule has 1 aromatic rings. The molecule has 0 aromatic heterocycles. The Morgan fingerprint density at radius 2 is 1.84 bits per heavy atom. The second-order valence-corrected chi connectivity index (χ2v) is 6.86. The molecular formula is C18H22N4O3. The molecule has 0 saturated carbocycles. The molecule has 3 heterocycles. The number of amides is 3. The molecule has 2 saturated heterocycles. The van der Waals surface area contributed by atoms with Crippen molar-refractivity contribution in [3.05, 3.63) is 29.8 Å². The SMILES string of the molecule is O=C1Nc2ccccc2C(=O)N2CCN(C(=O)C3CCNCC3)C[C@H]12. The van der Waals surface area contributed by atoms with Gasteiger partial charge in [0, 0.05) is 19.0 Å². The number of hydrogen-bond acceptors (Lipinski definition) is 4. The van der Waals surface area contributed by atoms with Gasteiger partial charge in [-0.15, -0.1) is 0 Å². The van der Waals surface area contributed by atoms with Crippen LogP contribution in [0.3, 0.4) is 0 Å². The fourth-order valence-electron chi connectivity index (χ4n) is 3.93. The lowest BCUT2D eigenvalue weighted by Gasteiger charge is -2.41. The van der Waals surface area contributed by atoms with Gasteiger partial charge < -0.3 is 20.4 Å². The second kappa shape index (κ2) is 6.48. The van der Waals surface area contributed by atoms with Gasteiger partial charge >= 0.3 is 0 Å². The molecule has 3 amide bonds. The van der Waals surface area contributed by atoms with E-state index in [1.165, 1.54) is 0 Å². The van der Waals surface area contributed by atoms with Gasteiger partial charge in [-0.25, -0.2) is 0 Å². The lowest BCUT2D eigenvalue weighted by molar-refractivity contribution is -0.140. The van der Waals surface area contributed by atoms with Crippen LogP contribution in [0.25, 0.3) is 0 Å². The molecule has 25 heavy (non-hydrogen) atoms. The Balaban J connectivity index is 1.54. The van der Waals surface area contributed by atoms with Crippen LogP contribution in [0.5, 0.6) is 0 Å². The van der Waals surface area contributed by atoms with Crippen LogP contribution >= 0.6 is 0 Å². The predicted octanol–water partition coefficient (Wildman–Crippen LogP) is 0.291. The molecule has 0 bridgehead atoms. The summed E-state index contributed by atoms with van der Waals surface area (Å²) >= 11 is 0. The van der Waals surface area contributed by atoms with Crippen LogP contribution in [0.1, 0.15) is 23.2 Å². The van der Waals surface area contributed by atoms with Crippen molar-refractivity contribution in [1.82, 2.24) is 15.1 Å². The van der Waals surface area contributed by atoms with Crippen LogP contribution in [0, 0.1) is 5.92 Å². The number of piperidine rings is 1. The van der Waals surface area contributed by atoms with Gasteiger partial charge in [0.25, 0.3) is 5.91 Å². The number of nitrogens with zero attached hydrogens (tertiary/aromatic N) is 2. The van der Waals surface area contributed by atoms with E-state index in [-0.39, 0.29) is 30.2 Å². The third-order valence-electron chi connectivity index (χ3n) is 5.36. The number of rotatable bonds is 1. The summed E-state index contributed by atoms with van der Waals surface area (Å²) in [6, 6.07) is 6.43. The molecule has 7 heteroatoms. The highest BCUT2D eigenvalue weighted by molar-refractivity contribution is 6.10. The Morgan fingerprint density at radius 3 is 2.64 bits per heavy atom. The lowest BCUT2D eigenvalue weighted by Crippen LogP contribution is -2.60. The van der Waals surface area contributed by atoms with E-state index in [0.717, 1.165) is 25.9 Å². The van der Waals surface area contributed by atoms with Gasteiger partial charge in [-0.2, -0.15) is 0 Å². The minimum absolute atomic E-state index is 0.0227. The topological polar surface area (TPSA) is 81.8 Å². The summed E-state index contributed by atoms with van der Waals surface area (Å²) in [5, 5.41) is 6.10. The van der Waals surface area contributed by atoms with E-state index < -0.39 is 6.04 Å². The molecule has 7 nitrogen and oxygen atoms in total. The highest BCUT2D eigenvalue weighted by Gasteiger charge is 2.41. The van der Waals surface area contributed by atoms with E-state index in [4.69, 9.17) is 0 Å². The number of hydrogen-bond donors (Lipinski definition) is 2. The summed E-state index contributed by atoms with van der Waals surface area (Å²) < 4.78 is 0. The largest absolute Gasteiger partial charge is 0.338 e. The molecule has 0 spiro atoms. The first-order valence-electron chi connectivity index (χ1n) is 8.85. The fourth-order valence-corrected chi connectivity index (χ4v) is 3.93. The van der Waals surface area contributed by atoms with Crippen molar-refractivity contribution in [1.29, 1.82) is 0 Å². The maximum Gasteiger partial charge on any atom is 0.256 e. The number of benzene rings is 1. The van der Waals surface area contributed by atoms with Crippen molar-refractivity contribution in [3.63, 3.8) is 0 Å². The van der Waals surface area contributed by atoms with E-state index in [1.807, 2.05) is 0 Å². The summed E-state index contributed by atoms with van der Waals surface area (Å²) in [5.74, 6) is -0.230. The summed E-state index contributed by atoms with van der Waals surface area (Å²) in [7, 11) is 0. The summed E-state index contributed by atoms with van der Waals surface area (Å²) in [5.41, 5.74) is 1.06. The Hall–Kier alpha value is -2.41. The van der Waals surface area contributed by atoms with Crippen LogP contribution in [-0.2, 0) is 9.59 Å². The van der Waals surface area contributed by atoms with Gasteiger partial charge in [-0.3, -0.25) is 14.4 Å². The number of piperazine rings is 1. The van der Waals surface area contributed by atoms with Crippen molar-refractivity contribution in [3.8, 4) is 0 Å². The van der Waals surface area contributed by atoms with E-state index in [0.29, 0.717) is 24.3 Å². The molecule has 132 valence electrons. The Bertz CT molecular complexity index is 714. The molecule has 0 radical (unpaired) electrons. The van der Waals surface area contributed by atoms with Crippen LogP contribution < -0.4 is 10.6 Å². The molecule has 3 aliphatic heterocycles. The molecule has 0 unspecified atom stereocenters. The second-order valence-electron chi connectivity index (χ2n) is 6.86. The zero-order chi connectivity index (χ0) is 17.4. The van der Waals surface area contributed by atoms with E-state index in [9.17, 15) is 14.4 Å². The first kappa shape index (κ1) is 16.1. The molecule has 4 rings (SSSR count). The summed E-state index contributed by atoms with van der Waals surface area (Å²) in [4.78, 5) is 41.6. The van der Waals surface area contributed by atoms with Gasteiger partial charge in [-0.05, 0) is 38.1 Å². The van der Waals surface area contributed by atoms with Crippen LogP contribution in [0.2, 0.25) is 0 Å². The smallest absolute Gasteiger partial charge is 0.256 e. The average molecular weight is 342 g/mol. The Labute approximate surface area is 146 Å². The predicted molar refractivity (Wildman–Crippen MR) is 92.1 cm³/mol. The van der Waals surface area contributed by atoms with E-state index in [1.54, 1.807) is 34.1 Å². The van der Waals surface area contributed by atoms with Crippen LogP contribution in [-0.4, -0.2) is 66.3 Å². The van der Waals surface area contributed by atoms with Crippen LogP contribution in [0.4, 0.5) is 5.69 Å². The van der Waals surface area contributed by atoms with Crippen LogP contribution in [0.15, 0.2) is 24.3 Å². The van der Waals surface area contributed by atoms with Gasteiger partial charge in [0.1, 0.15) is 6.04 Å². The van der Waals surface area contributed by atoms with Gasteiger partial charge in [-0.1, -0.05) is 12.1 Å². The first-order chi connectivity index (χ1) is 12.1. The quantitative estimate of drug-likeness (QED) is 0.769. The standard InChI is InChI=1S/C18H22N4O3/c23-16-15-11-21(17(24)12-5-7-19-8-6-12)9-10-22(15)18(25)13-3-1-2-4-14(13)20-16/h1-4,12,15,19H,5-11H2,(H,20,23)/t15-/m1/s1. The monoisotopic (exact) mass is 342 g/mol. The summed E-state index contributed by atoms with van der Waals surface area (Å²) in [6.07, 6.45) is 1.67. The van der Waals surface area contributed by atoms with E-state index >= 15 is 0 Å². The maximum absolute atomic E-state index is 12.8. The normalized spacial score (nSPS) is 24.2. The van der Waals surface area contributed by atoms with E-state index in [2.05, 4.69) is 10.6 Å². The zero-order valence-corrected chi connectivity index (χ0v) is 14.0. The zero-order valence-electron chi connectivity index (χ0n) is 14.0. The molecule has 3 aliphatic rings. The Morgan fingerprint density at radius 1 is 1.08 bits per heavy atom. The van der Waals surface area contributed by atoms with Crippen molar-refractivity contribution < 1.29 is 14.4 Å². The minimum atomic E-state index is -0.626. The third-order valence-corrected chi connectivity index (χ3v) is 5.36. The number of nitrogens with one attached hydrogen (secondary N) is 2. The third kappa shape index (κ3) is 2.89. The number of carbonyl (C=O) groups excluding carboxylic acids is 3. The number of para-hydroxylation sites is 1. The van der Waals surface area contributed by atoms with Crippen molar-refractivity contribution in [2.45, 2.75) is 18.9 Å². The summed E-state index contributed by atoms with van der Waals surface area (Å²) in [6.45, 7) is 2.86. The van der Waals surface area contributed by atoms with Gasteiger partial charge in [0.2, 0.25) is 11.8 Å². The average Bonchev–Trinajstić information content (AvgIpc) is 2.77. The molecule has 1 aromatic carbocycles. The van der Waals surface area contributed by atoms with Crippen molar-refractivity contribution >= 4 is 23.4 Å². The molecule has 2 fully saturated rings. The number of fused-ring (bicyclic) bond motifs is 2. The molecular weight excluding hydrogens is 320 g/mol. The van der Waals surface area contributed by atoms with Gasteiger partial charge in [0.05, 0.1) is 17.8 Å². The number of carbonyl (C=O) groups is 3. The highest BCUT2D eigenvalue weighted by atomic mass is 16.2. The molecule has 2 N–H and O–H groups in total. The lowest BCUT2D eigenvalue weighted by atomic mass is 9.95. The Kier molecular flexibility index (Phi) is 4.17. The fraction of sp³-hybridized carbons (Fsp3) is 0.500. The molecule has 0 aliphatic carbocycles. The maximum atomic E-state index is 12.8. The minimum Gasteiger partial charge on any atom is -0.338 e.